The summed E-state index contributed by atoms with van der Waals surface area (Å²) < 4.78 is 0. The Bertz CT molecular complexity index is 941. The summed E-state index contributed by atoms with van der Waals surface area (Å²) in [6, 6.07) is 3.36. The number of likely N-dealkylation sites (N-methyl/N-ethyl adjacent to an activating group) is 1. The highest BCUT2D eigenvalue weighted by Gasteiger charge is 2.53. The Hall–Kier alpha value is -3.69. The molecule has 3 amide bonds. The van der Waals surface area contributed by atoms with E-state index in [0.29, 0.717) is 6.54 Å². The highest BCUT2D eigenvalue weighted by Crippen LogP contribution is 2.40. The third-order valence-electron chi connectivity index (χ3n) is 5.02. The third-order valence-corrected chi connectivity index (χ3v) is 5.02. The molecule has 2 aliphatic rings. The molecule has 1 saturated heterocycles. The number of nitrogens with zero attached hydrogens (tertiary/aromatic N) is 3. The highest BCUT2D eigenvalue weighted by atomic mass is 16.4. The molecule has 2 atom stereocenters. The molecule has 0 aliphatic carbocycles. The smallest absolute Gasteiger partial charge is 0.318 e. The first-order valence-corrected chi connectivity index (χ1v) is 8.86. The highest BCUT2D eigenvalue weighted by molar-refractivity contribution is 6.38. The van der Waals surface area contributed by atoms with Crippen LogP contribution in [0, 0.1) is 0 Å². The van der Waals surface area contributed by atoms with Crippen molar-refractivity contribution in [2.45, 2.75) is 18.4 Å². The average Bonchev–Trinajstić information content (AvgIpc) is 3.16. The van der Waals surface area contributed by atoms with Gasteiger partial charge in [0.1, 0.15) is 5.92 Å². The number of phenols is 2. The van der Waals surface area contributed by atoms with Crippen LogP contribution in [0.15, 0.2) is 35.3 Å². The quantitative estimate of drug-likeness (QED) is 0.353. The predicted octanol–water partition coefficient (Wildman–Crippen LogP) is -0.137. The topological polar surface area (TPSA) is 148 Å². The van der Waals surface area contributed by atoms with Crippen molar-refractivity contribution in [3.8, 4) is 11.5 Å². The summed E-state index contributed by atoms with van der Waals surface area (Å²) in [6.07, 6.45) is 3.87. The second kappa shape index (κ2) is 7.38. The number of piperazine rings is 1. The van der Waals surface area contributed by atoms with E-state index in [2.05, 4.69) is 4.99 Å². The number of carbonyl (C=O) groups is 4. The van der Waals surface area contributed by atoms with Gasteiger partial charge in [0.25, 0.3) is 5.91 Å². The first kappa shape index (κ1) is 20.1. The van der Waals surface area contributed by atoms with Gasteiger partial charge in [-0.05, 0) is 36.8 Å². The lowest BCUT2D eigenvalue weighted by Crippen LogP contribution is -2.61. The van der Waals surface area contributed by atoms with E-state index in [1.807, 2.05) is 0 Å². The number of amides is 3. The van der Waals surface area contributed by atoms with Crippen molar-refractivity contribution in [1.29, 1.82) is 0 Å². The second-order valence-corrected chi connectivity index (χ2v) is 6.63. The van der Waals surface area contributed by atoms with Crippen molar-refractivity contribution in [2.75, 3.05) is 19.6 Å². The van der Waals surface area contributed by atoms with Crippen LogP contribution in [0.5, 0.6) is 11.5 Å². The molecular formula is C19H19N3O7. The number of carboxylic acids is 1. The summed E-state index contributed by atoms with van der Waals surface area (Å²) in [7, 11) is 0. The van der Waals surface area contributed by atoms with Gasteiger partial charge in [-0.3, -0.25) is 29.1 Å². The van der Waals surface area contributed by atoms with Crippen LogP contribution in [0.2, 0.25) is 0 Å². The first-order valence-electron chi connectivity index (χ1n) is 8.86. The van der Waals surface area contributed by atoms with E-state index < -0.39 is 46.6 Å². The third kappa shape index (κ3) is 3.22. The van der Waals surface area contributed by atoms with Crippen molar-refractivity contribution < 1.29 is 34.5 Å². The molecule has 0 spiro atoms. The fourth-order valence-corrected chi connectivity index (χ4v) is 3.51. The van der Waals surface area contributed by atoms with Crippen LogP contribution in [-0.2, 0) is 19.2 Å². The fourth-order valence-electron chi connectivity index (χ4n) is 3.51. The Balaban J connectivity index is 2.05. The number of benzene rings is 1. The largest absolute Gasteiger partial charge is 0.504 e. The van der Waals surface area contributed by atoms with Crippen molar-refractivity contribution >= 4 is 29.9 Å². The van der Waals surface area contributed by atoms with Gasteiger partial charge in [-0.15, -0.1) is 0 Å². The van der Waals surface area contributed by atoms with Crippen molar-refractivity contribution in [1.82, 2.24) is 9.80 Å². The monoisotopic (exact) mass is 401 g/mol. The Morgan fingerprint density at radius 1 is 1.17 bits per heavy atom. The number of hydrogen-bond donors (Lipinski definition) is 3. The molecule has 3 N–H and O–H groups in total. The van der Waals surface area contributed by atoms with Gasteiger partial charge in [0, 0.05) is 25.8 Å². The van der Waals surface area contributed by atoms with Gasteiger partial charge in [0.15, 0.2) is 17.0 Å². The molecule has 0 bridgehead atoms. The number of phenolic OH excluding ortho intramolecular Hbond substituents is 2. The maximum atomic E-state index is 13.3. The van der Waals surface area contributed by atoms with Gasteiger partial charge >= 0.3 is 17.8 Å². The van der Waals surface area contributed by atoms with Crippen LogP contribution in [-0.4, -0.2) is 80.2 Å². The molecule has 3 rings (SSSR count). The second-order valence-electron chi connectivity index (χ2n) is 6.63. The van der Waals surface area contributed by atoms with E-state index >= 15 is 0 Å². The standard InChI is InChI=1S/C19H19N3O7/c1-2-21-8-9-22(16(26)15(21)25)18(29)19(6-3-7-20-19)14(17(27)28)11-4-5-12(23)13(24)10-11/h3-7,10,14,23-24H,2,8-9H2,1H3,(H,27,28). The minimum Gasteiger partial charge on any atom is -0.504 e. The minimum absolute atomic E-state index is 0.00387. The van der Waals surface area contributed by atoms with Gasteiger partial charge in [-0.2, -0.15) is 0 Å². The van der Waals surface area contributed by atoms with E-state index in [1.54, 1.807) is 6.92 Å². The molecule has 1 fully saturated rings. The summed E-state index contributed by atoms with van der Waals surface area (Å²) in [4.78, 5) is 56.2. The number of aliphatic imine (C=N–C) groups is 1. The number of aromatic hydroxyl groups is 2. The SMILES string of the molecule is CCN1CCN(C(=O)C2(C(C(=O)O)c3ccc(O)c(O)c3)C=CC=N2)C(=O)C1=O. The lowest BCUT2D eigenvalue weighted by Gasteiger charge is -2.37. The molecule has 29 heavy (non-hydrogen) atoms. The lowest BCUT2D eigenvalue weighted by molar-refractivity contribution is -0.163. The Morgan fingerprint density at radius 2 is 1.90 bits per heavy atom. The number of carboxylic acid groups (broad SMARTS) is 1. The molecule has 0 saturated carbocycles. The zero-order valence-corrected chi connectivity index (χ0v) is 15.5. The number of allylic oxidation sites excluding steroid dienone is 1. The molecule has 0 radical (unpaired) electrons. The minimum atomic E-state index is -2.01. The number of aliphatic carboxylic acids is 1. The van der Waals surface area contributed by atoms with Gasteiger partial charge < -0.3 is 20.2 Å². The first-order chi connectivity index (χ1) is 13.7. The summed E-state index contributed by atoms with van der Waals surface area (Å²) in [5.41, 5.74) is -2.02. The molecule has 2 unspecified atom stereocenters. The molecule has 2 aliphatic heterocycles. The zero-order chi connectivity index (χ0) is 21.3. The Morgan fingerprint density at radius 3 is 2.45 bits per heavy atom. The van der Waals surface area contributed by atoms with E-state index in [1.165, 1.54) is 29.3 Å². The summed E-state index contributed by atoms with van der Waals surface area (Å²) in [5, 5.41) is 29.2. The van der Waals surface area contributed by atoms with Gasteiger partial charge in [-0.1, -0.05) is 6.07 Å². The number of imide groups is 1. The van der Waals surface area contributed by atoms with Crippen LogP contribution in [0.1, 0.15) is 18.4 Å². The Labute approximate surface area is 165 Å². The maximum absolute atomic E-state index is 13.3. The molecule has 152 valence electrons. The van der Waals surface area contributed by atoms with Gasteiger partial charge in [0.2, 0.25) is 0 Å². The van der Waals surface area contributed by atoms with Gasteiger partial charge in [0.05, 0.1) is 0 Å². The molecular weight excluding hydrogens is 382 g/mol. The summed E-state index contributed by atoms with van der Waals surface area (Å²) in [6.45, 7) is 2.05. The fraction of sp³-hybridized carbons (Fsp3) is 0.316. The average molecular weight is 401 g/mol. The van der Waals surface area contributed by atoms with Crippen molar-refractivity contribution in [2.24, 2.45) is 4.99 Å². The summed E-state index contributed by atoms with van der Waals surface area (Å²) in [5.74, 6) is -6.90. The van der Waals surface area contributed by atoms with Crippen LogP contribution < -0.4 is 0 Å². The summed E-state index contributed by atoms with van der Waals surface area (Å²) >= 11 is 0. The molecule has 1 aromatic rings. The normalized spacial score (nSPS) is 22.2. The molecule has 10 heteroatoms. The van der Waals surface area contributed by atoms with Crippen LogP contribution >= 0.6 is 0 Å². The molecule has 2 heterocycles. The van der Waals surface area contributed by atoms with Crippen molar-refractivity contribution in [3.05, 3.63) is 35.9 Å². The number of rotatable bonds is 5. The van der Waals surface area contributed by atoms with E-state index in [0.717, 1.165) is 17.0 Å². The van der Waals surface area contributed by atoms with E-state index in [4.69, 9.17) is 0 Å². The zero-order valence-electron chi connectivity index (χ0n) is 15.5. The Kier molecular flexibility index (Phi) is 5.10. The van der Waals surface area contributed by atoms with Crippen molar-refractivity contribution in [3.63, 3.8) is 0 Å². The predicted molar refractivity (Wildman–Crippen MR) is 99.5 cm³/mol. The molecule has 10 nitrogen and oxygen atoms in total. The van der Waals surface area contributed by atoms with E-state index in [9.17, 15) is 34.5 Å². The van der Waals surface area contributed by atoms with E-state index in [-0.39, 0.29) is 18.7 Å². The molecule has 1 aromatic carbocycles. The van der Waals surface area contributed by atoms with Crippen LogP contribution in [0.4, 0.5) is 0 Å². The number of carbonyl (C=O) groups excluding carboxylic acids is 3. The van der Waals surface area contributed by atoms with Gasteiger partial charge in [-0.25, -0.2) is 0 Å². The van der Waals surface area contributed by atoms with Crippen LogP contribution in [0.25, 0.3) is 0 Å². The van der Waals surface area contributed by atoms with Crippen LogP contribution in [0.3, 0.4) is 0 Å². The lowest BCUT2D eigenvalue weighted by atomic mass is 9.78. The molecule has 0 aromatic heterocycles. The maximum Gasteiger partial charge on any atom is 0.318 e. The number of hydrogen-bond acceptors (Lipinski definition) is 7.